The van der Waals surface area contributed by atoms with Gasteiger partial charge in [0.15, 0.2) is 0 Å². The molecule has 2 aromatic rings. The number of benzene rings is 1. The van der Waals surface area contributed by atoms with Crippen LogP contribution in [0.25, 0.3) is 0 Å². The van der Waals surface area contributed by atoms with Gasteiger partial charge in [-0.15, -0.1) is 0 Å². The zero-order valence-corrected chi connectivity index (χ0v) is 14.6. The predicted octanol–water partition coefficient (Wildman–Crippen LogP) is 4.91. The van der Waals surface area contributed by atoms with Gasteiger partial charge < -0.3 is 10.6 Å². The normalized spacial score (nSPS) is 10.7. The summed E-state index contributed by atoms with van der Waals surface area (Å²) in [5.74, 6) is 0.385. The molecule has 6 heteroatoms. The predicted molar refractivity (Wildman–Crippen MR) is 95.8 cm³/mol. The molecule has 1 aromatic carbocycles. The van der Waals surface area contributed by atoms with Gasteiger partial charge in [-0.25, -0.2) is 4.98 Å². The van der Waals surface area contributed by atoms with E-state index in [0.29, 0.717) is 33.9 Å². The molecule has 23 heavy (non-hydrogen) atoms. The minimum absolute atomic E-state index is 0.169. The maximum absolute atomic E-state index is 12.0. The molecule has 0 unspecified atom stereocenters. The summed E-state index contributed by atoms with van der Waals surface area (Å²) >= 11 is 12.1. The lowest BCUT2D eigenvalue weighted by atomic mass is 10.1. The molecular weight excluding hydrogens is 333 g/mol. The third kappa shape index (κ3) is 5.12. The molecular formula is C17H19Cl2N3O. The lowest BCUT2D eigenvalue weighted by Crippen LogP contribution is -2.26. The Bertz CT molecular complexity index is 672. The van der Waals surface area contributed by atoms with E-state index in [1.54, 1.807) is 30.5 Å². The number of hydrogen-bond acceptors (Lipinski definition) is 3. The molecule has 1 heterocycles. The molecule has 1 amide bonds. The molecule has 0 saturated heterocycles. The first-order valence-electron chi connectivity index (χ1n) is 7.42. The van der Waals surface area contributed by atoms with Gasteiger partial charge >= 0.3 is 0 Å². The Morgan fingerprint density at radius 1 is 1.22 bits per heavy atom. The van der Waals surface area contributed by atoms with E-state index in [-0.39, 0.29) is 5.91 Å². The number of nitrogens with zero attached hydrogens (tertiary/aromatic N) is 1. The Hall–Kier alpha value is -1.78. The van der Waals surface area contributed by atoms with E-state index in [1.807, 2.05) is 6.07 Å². The number of carbonyl (C=O) groups is 1. The van der Waals surface area contributed by atoms with Gasteiger partial charge in [-0.2, -0.15) is 0 Å². The number of carbonyl (C=O) groups excluding carboxylic acids is 1. The van der Waals surface area contributed by atoms with Crippen molar-refractivity contribution < 1.29 is 4.79 Å². The highest BCUT2D eigenvalue weighted by molar-refractivity contribution is 6.43. The fraction of sp³-hybridized carbons (Fsp3) is 0.294. The number of hydrogen-bond donors (Lipinski definition) is 2. The maximum Gasteiger partial charge on any atom is 0.269 e. The number of nitrogens with one attached hydrogen (secondary N) is 2. The van der Waals surface area contributed by atoms with Gasteiger partial charge in [-0.05, 0) is 36.6 Å². The van der Waals surface area contributed by atoms with Crippen LogP contribution in [0.2, 0.25) is 10.0 Å². The molecule has 1 aromatic heterocycles. The first-order chi connectivity index (χ1) is 11.0. The highest BCUT2D eigenvalue weighted by Gasteiger charge is 2.08. The molecule has 0 aliphatic carbocycles. The second-order valence-electron chi connectivity index (χ2n) is 5.60. The number of rotatable bonds is 6. The van der Waals surface area contributed by atoms with E-state index in [0.717, 1.165) is 12.1 Å². The zero-order chi connectivity index (χ0) is 16.8. The summed E-state index contributed by atoms with van der Waals surface area (Å²) in [6, 6.07) is 8.80. The van der Waals surface area contributed by atoms with Crippen LogP contribution >= 0.6 is 23.2 Å². The van der Waals surface area contributed by atoms with E-state index in [1.165, 1.54) is 0 Å². The van der Waals surface area contributed by atoms with Gasteiger partial charge in [0.05, 0.1) is 27.6 Å². The van der Waals surface area contributed by atoms with Crippen molar-refractivity contribution in [3.63, 3.8) is 0 Å². The fourth-order valence-electron chi connectivity index (χ4n) is 1.92. The minimum atomic E-state index is -0.169. The van der Waals surface area contributed by atoms with E-state index in [9.17, 15) is 4.79 Å². The summed E-state index contributed by atoms with van der Waals surface area (Å²) in [6.45, 7) is 4.88. The van der Waals surface area contributed by atoms with E-state index >= 15 is 0 Å². The summed E-state index contributed by atoms with van der Waals surface area (Å²) in [5, 5.41) is 6.91. The van der Waals surface area contributed by atoms with Gasteiger partial charge in [0.2, 0.25) is 0 Å². The molecule has 122 valence electrons. The highest BCUT2D eigenvalue weighted by atomic mass is 35.5. The molecule has 0 aliphatic rings. The number of halogens is 2. The van der Waals surface area contributed by atoms with Crippen LogP contribution in [0.5, 0.6) is 0 Å². The SMILES string of the molecule is CC(C)CCNC(=O)c1ccc(Nc2cccc(Cl)c2Cl)cn1. The average Bonchev–Trinajstić information content (AvgIpc) is 2.52. The zero-order valence-electron chi connectivity index (χ0n) is 13.1. The van der Waals surface area contributed by atoms with Crippen LogP contribution in [0.1, 0.15) is 30.8 Å². The van der Waals surface area contributed by atoms with Crippen molar-refractivity contribution in [1.29, 1.82) is 0 Å². The largest absolute Gasteiger partial charge is 0.353 e. The fourth-order valence-corrected chi connectivity index (χ4v) is 2.27. The second kappa shape index (κ2) is 8.18. The maximum atomic E-state index is 12.0. The van der Waals surface area contributed by atoms with Gasteiger partial charge in [-0.3, -0.25) is 4.79 Å². The van der Waals surface area contributed by atoms with Crippen molar-refractivity contribution >= 4 is 40.5 Å². The van der Waals surface area contributed by atoms with Crippen LogP contribution in [-0.4, -0.2) is 17.4 Å². The molecule has 0 fully saturated rings. The molecule has 0 bridgehead atoms. The smallest absolute Gasteiger partial charge is 0.269 e. The van der Waals surface area contributed by atoms with Crippen molar-refractivity contribution in [3.8, 4) is 0 Å². The van der Waals surface area contributed by atoms with E-state index in [4.69, 9.17) is 23.2 Å². The summed E-state index contributed by atoms with van der Waals surface area (Å²) in [7, 11) is 0. The van der Waals surface area contributed by atoms with Crippen molar-refractivity contribution in [3.05, 3.63) is 52.3 Å². The van der Waals surface area contributed by atoms with Crippen LogP contribution in [0, 0.1) is 5.92 Å². The molecule has 0 saturated carbocycles. The lowest BCUT2D eigenvalue weighted by Gasteiger charge is -2.10. The van der Waals surface area contributed by atoms with Gasteiger partial charge in [0.25, 0.3) is 5.91 Å². The first kappa shape index (κ1) is 17.6. The Labute approximate surface area is 146 Å². The summed E-state index contributed by atoms with van der Waals surface area (Å²) < 4.78 is 0. The molecule has 0 aliphatic heterocycles. The lowest BCUT2D eigenvalue weighted by molar-refractivity contribution is 0.0947. The summed E-state index contributed by atoms with van der Waals surface area (Å²) in [5.41, 5.74) is 1.81. The Morgan fingerprint density at radius 3 is 2.65 bits per heavy atom. The van der Waals surface area contributed by atoms with Gasteiger partial charge in [0.1, 0.15) is 5.69 Å². The van der Waals surface area contributed by atoms with Crippen molar-refractivity contribution in [1.82, 2.24) is 10.3 Å². The monoisotopic (exact) mass is 351 g/mol. The van der Waals surface area contributed by atoms with Crippen molar-refractivity contribution in [2.24, 2.45) is 5.92 Å². The van der Waals surface area contributed by atoms with Crippen LogP contribution in [0.3, 0.4) is 0 Å². The number of aromatic nitrogens is 1. The minimum Gasteiger partial charge on any atom is -0.353 e. The average molecular weight is 352 g/mol. The quantitative estimate of drug-likeness (QED) is 0.777. The number of anilines is 2. The van der Waals surface area contributed by atoms with Crippen LogP contribution < -0.4 is 10.6 Å². The Morgan fingerprint density at radius 2 is 2.00 bits per heavy atom. The molecule has 0 radical (unpaired) electrons. The van der Waals surface area contributed by atoms with Crippen molar-refractivity contribution in [2.75, 3.05) is 11.9 Å². The van der Waals surface area contributed by atoms with Gasteiger partial charge in [0, 0.05) is 6.54 Å². The standard InChI is InChI=1S/C17H19Cl2N3O/c1-11(2)8-9-20-17(23)15-7-6-12(10-21-15)22-14-5-3-4-13(18)16(14)19/h3-7,10-11,22H,8-9H2,1-2H3,(H,20,23). The summed E-state index contributed by atoms with van der Waals surface area (Å²) in [4.78, 5) is 16.1. The van der Waals surface area contributed by atoms with E-state index < -0.39 is 0 Å². The number of amides is 1. The third-order valence-corrected chi connectivity index (χ3v) is 4.05. The Balaban J connectivity index is 1.99. The topological polar surface area (TPSA) is 54.0 Å². The second-order valence-corrected chi connectivity index (χ2v) is 6.38. The van der Waals surface area contributed by atoms with E-state index in [2.05, 4.69) is 29.5 Å². The molecule has 4 nitrogen and oxygen atoms in total. The number of pyridine rings is 1. The van der Waals surface area contributed by atoms with Crippen LogP contribution in [0.4, 0.5) is 11.4 Å². The molecule has 0 spiro atoms. The van der Waals surface area contributed by atoms with Crippen LogP contribution in [-0.2, 0) is 0 Å². The third-order valence-electron chi connectivity index (χ3n) is 3.23. The molecule has 2 rings (SSSR count). The highest BCUT2D eigenvalue weighted by Crippen LogP contribution is 2.31. The first-order valence-corrected chi connectivity index (χ1v) is 8.18. The summed E-state index contributed by atoms with van der Waals surface area (Å²) in [6.07, 6.45) is 2.53. The Kier molecular flexibility index (Phi) is 6.25. The van der Waals surface area contributed by atoms with Crippen molar-refractivity contribution in [2.45, 2.75) is 20.3 Å². The van der Waals surface area contributed by atoms with Crippen LogP contribution in [0.15, 0.2) is 36.5 Å². The molecule has 2 N–H and O–H groups in total. The molecule has 0 atom stereocenters. The van der Waals surface area contributed by atoms with Gasteiger partial charge in [-0.1, -0.05) is 43.1 Å².